The highest BCUT2D eigenvalue weighted by Gasteiger charge is 2.28. The predicted octanol–water partition coefficient (Wildman–Crippen LogP) is 3.11. The van der Waals surface area contributed by atoms with Gasteiger partial charge in [0.15, 0.2) is 6.61 Å². The van der Waals surface area contributed by atoms with E-state index in [0.29, 0.717) is 13.1 Å². The van der Waals surface area contributed by atoms with Gasteiger partial charge in [-0.25, -0.2) is 4.68 Å². The first-order valence-corrected chi connectivity index (χ1v) is 9.13. The number of amides is 1. The van der Waals surface area contributed by atoms with Crippen LogP contribution < -0.4 is 4.74 Å². The molecule has 138 valence electrons. The number of carbonyl (C=O) groups is 1. The fourth-order valence-corrected chi connectivity index (χ4v) is 3.32. The smallest absolute Gasteiger partial charge is 0.260 e. The van der Waals surface area contributed by atoms with Crippen molar-refractivity contribution < 1.29 is 9.53 Å². The Balaban J connectivity index is 1.34. The molecule has 27 heavy (non-hydrogen) atoms. The van der Waals surface area contributed by atoms with Crippen molar-refractivity contribution in [2.24, 2.45) is 0 Å². The number of hydrogen-bond acceptors (Lipinski definition) is 4. The number of hydrogen-bond donors (Lipinski definition) is 0. The molecule has 2 aromatic carbocycles. The van der Waals surface area contributed by atoms with Gasteiger partial charge in [0.25, 0.3) is 5.91 Å². The molecule has 6 heteroatoms. The number of ether oxygens (including phenoxy) is 1. The lowest BCUT2D eigenvalue weighted by Gasteiger charge is -2.17. The zero-order valence-electron chi connectivity index (χ0n) is 15.3. The molecule has 1 aromatic heterocycles. The number of aryl methyl sites for hydroxylation is 1. The Morgan fingerprint density at radius 3 is 2.85 bits per heavy atom. The first-order chi connectivity index (χ1) is 13.2. The molecule has 6 nitrogen and oxygen atoms in total. The number of likely N-dealkylation sites (tertiary alicyclic amines) is 1. The highest BCUT2D eigenvalue weighted by molar-refractivity contribution is 5.78. The molecule has 4 rings (SSSR count). The first-order valence-electron chi connectivity index (χ1n) is 9.13. The van der Waals surface area contributed by atoms with Crippen molar-refractivity contribution in [2.75, 3.05) is 19.7 Å². The second kappa shape index (κ2) is 7.61. The number of carbonyl (C=O) groups excluding carboxylic acids is 1. The molecular formula is C21H22N4O2. The van der Waals surface area contributed by atoms with Crippen LogP contribution in [-0.4, -0.2) is 45.5 Å². The lowest BCUT2D eigenvalue weighted by Crippen LogP contribution is -2.33. The maximum absolute atomic E-state index is 12.5. The molecule has 1 unspecified atom stereocenters. The van der Waals surface area contributed by atoms with Gasteiger partial charge in [-0.05, 0) is 31.0 Å². The molecule has 0 saturated carbocycles. The SMILES string of the molecule is Cc1cccc(OCC(=O)N2CCC(n3cc(-c4ccccc4)nn3)C2)c1. The van der Waals surface area contributed by atoms with Crippen molar-refractivity contribution in [1.29, 1.82) is 0 Å². The Morgan fingerprint density at radius 1 is 1.19 bits per heavy atom. The molecule has 0 spiro atoms. The standard InChI is InChI=1S/C21H22N4O2/c1-16-6-5-9-19(12-16)27-15-21(26)24-11-10-18(13-24)25-14-20(22-23-25)17-7-3-2-4-8-17/h2-9,12,14,18H,10-11,13,15H2,1H3. The first kappa shape index (κ1) is 17.3. The van der Waals surface area contributed by atoms with E-state index in [2.05, 4.69) is 10.3 Å². The van der Waals surface area contributed by atoms with Crippen LogP contribution in [0.1, 0.15) is 18.0 Å². The third kappa shape index (κ3) is 4.00. The van der Waals surface area contributed by atoms with Gasteiger partial charge in [0.2, 0.25) is 0 Å². The molecule has 1 fully saturated rings. The fourth-order valence-electron chi connectivity index (χ4n) is 3.32. The summed E-state index contributed by atoms with van der Waals surface area (Å²) in [5, 5.41) is 8.54. The quantitative estimate of drug-likeness (QED) is 0.700. The normalized spacial score (nSPS) is 16.5. The predicted molar refractivity (Wildman–Crippen MR) is 102 cm³/mol. The van der Waals surface area contributed by atoms with Gasteiger partial charge < -0.3 is 9.64 Å². The third-order valence-corrected chi connectivity index (χ3v) is 4.82. The summed E-state index contributed by atoms with van der Waals surface area (Å²) < 4.78 is 7.51. The van der Waals surface area contributed by atoms with Gasteiger partial charge in [-0.3, -0.25) is 4.79 Å². The van der Waals surface area contributed by atoms with Crippen LogP contribution in [0, 0.1) is 6.92 Å². The van der Waals surface area contributed by atoms with E-state index in [1.54, 1.807) is 0 Å². The van der Waals surface area contributed by atoms with Crippen molar-refractivity contribution in [2.45, 2.75) is 19.4 Å². The van der Waals surface area contributed by atoms with E-state index < -0.39 is 0 Å². The van der Waals surface area contributed by atoms with E-state index in [1.165, 1.54) is 0 Å². The molecule has 2 heterocycles. The highest BCUT2D eigenvalue weighted by Crippen LogP contribution is 2.23. The van der Waals surface area contributed by atoms with Gasteiger partial charge in [0.1, 0.15) is 11.4 Å². The molecule has 1 saturated heterocycles. The summed E-state index contributed by atoms with van der Waals surface area (Å²) in [6.45, 7) is 3.40. The van der Waals surface area contributed by atoms with E-state index in [9.17, 15) is 4.79 Å². The van der Waals surface area contributed by atoms with Crippen LogP contribution >= 0.6 is 0 Å². The lowest BCUT2D eigenvalue weighted by molar-refractivity contribution is -0.132. The monoisotopic (exact) mass is 362 g/mol. The molecular weight excluding hydrogens is 340 g/mol. The Labute approximate surface area is 158 Å². The van der Waals surface area contributed by atoms with Gasteiger partial charge in [0, 0.05) is 18.7 Å². The maximum atomic E-state index is 12.5. The summed E-state index contributed by atoms with van der Waals surface area (Å²) in [5.41, 5.74) is 3.01. The minimum absolute atomic E-state index is 0.00223. The number of aromatic nitrogens is 3. The highest BCUT2D eigenvalue weighted by atomic mass is 16.5. The maximum Gasteiger partial charge on any atom is 0.260 e. The number of rotatable bonds is 5. The van der Waals surface area contributed by atoms with Crippen molar-refractivity contribution in [3.63, 3.8) is 0 Å². The van der Waals surface area contributed by atoms with Crippen LogP contribution in [0.4, 0.5) is 0 Å². The van der Waals surface area contributed by atoms with Gasteiger partial charge in [0.05, 0.1) is 12.2 Å². The molecule has 0 bridgehead atoms. The molecule has 1 aliphatic rings. The van der Waals surface area contributed by atoms with Gasteiger partial charge in [-0.1, -0.05) is 47.7 Å². The van der Waals surface area contributed by atoms with Crippen molar-refractivity contribution >= 4 is 5.91 Å². The summed E-state index contributed by atoms with van der Waals surface area (Å²) >= 11 is 0. The van der Waals surface area contributed by atoms with Crippen LogP contribution in [0.5, 0.6) is 5.75 Å². The molecule has 0 aliphatic carbocycles. The third-order valence-electron chi connectivity index (χ3n) is 4.82. The average Bonchev–Trinajstić information content (AvgIpc) is 3.36. The number of nitrogens with zero attached hydrogens (tertiary/aromatic N) is 4. The minimum atomic E-state index is 0.00223. The van der Waals surface area contributed by atoms with E-state index in [-0.39, 0.29) is 18.6 Å². The van der Waals surface area contributed by atoms with Crippen molar-refractivity contribution in [1.82, 2.24) is 19.9 Å². The topological polar surface area (TPSA) is 60.2 Å². The summed E-state index contributed by atoms with van der Waals surface area (Å²) in [6, 6.07) is 17.9. The largest absolute Gasteiger partial charge is 0.484 e. The average molecular weight is 362 g/mol. The second-order valence-electron chi connectivity index (χ2n) is 6.84. The molecule has 1 amide bonds. The van der Waals surface area contributed by atoms with Gasteiger partial charge in [-0.2, -0.15) is 0 Å². The molecule has 3 aromatic rings. The second-order valence-corrected chi connectivity index (χ2v) is 6.84. The minimum Gasteiger partial charge on any atom is -0.484 e. The Morgan fingerprint density at radius 2 is 2.04 bits per heavy atom. The van der Waals surface area contributed by atoms with Crippen LogP contribution in [-0.2, 0) is 4.79 Å². The zero-order valence-corrected chi connectivity index (χ0v) is 15.3. The van der Waals surface area contributed by atoms with Crippen LogP contribution in [0.3, 0.4) is 0 Å². The molecule has 1 atom stereocenters. The van der Waals surface area contributed by atoms with Gasteiger partial charge >= 0.3 is 0 Å². The Hall–Kier alpha value is -3.15. The Kier molecular flexibility index (Phi) is 4.87. The summed E-state index contributed by atoms with van der Waals surface area (Å²) in [7, 11) is 0. The molecule has 1 aliphatic heterocycles. The zero-order chi connectivity index (χ0) is 18.6. The molecule has 0 radical (unpaired) electrons. The van der Waals surface area contributed by atoms with Crippen LogP contribution in [0.25, 0.3) is 11.3 Å². The fraction of sp³-hybridized carbons (Fsp3) is 0.286. The summed E-state index contributed by atoms with van der Waals surface area (Å²) in [6.07, 6.45) is 2.82. The van der Waals surface area contributed by atoms with E-state index >= 15 is 0 Å². The summed E-state index contributed by atoms with van der Waals surface area (Å²) in [4.78, 5) is 14.3. The lowest BCUT2D eigenvalue weighted by atomic mass is 10.2. The summed E-state index contributed by atoms with van der Waals surface area (Å²) in [5.74, 6) is 0.727. The van der Waals surface area contributed by atoms with Gasteiger partial charge in [-0.15, -0.1) is 5.10 Å². The molecule has 0 N–H and O–H groups in total. The van der Waals surface area contributed by atoms with E-state index in [1.807, 2.05) is 77.3 Å². The van der Waals surface area contributed by atoms with Crippen LogP contribution in [0.15, 0.2) is 60.8 Å². The van der Waals surface area contributed by atoms with Crippen LogP contribution in [0.2, 0.25) is 0 Å². The Bertz CT molecular complexity index is 923. The number of benzene rings is 2. The van der Waals surface area contributed by atoms with Crippen molar-refractivity contribution in [3.05, 3.63) is 66.4 Å². The van der Waals surface area contributed by atoms with E-state index in [0.717, 1.165) is 29.0 Å². The van der Waals surface area contributed by atoms with E-state index in [4.69, 9.17) is 4.74 Å². The van der Waals surface area contributed by atoms with Crippen molar-refractivity contribution in [3.8, 4) is 17.0 Å².